The Labute approximate surface area is 146 Å². The molecule has 3 heterocycles. The third-order valence-corrected chi connectivity index (χ3v) is 5.80. The van der Waals surface area contributed by atoms with Crippen LogP contribution in [0.4, 0.5) is 5.82 Å². The van der Waals surface area contributed by atoms with Gasteiger partial charge < -0.3 is 14.7 Å². The highest BCUT2D eigenvalue weighted by Crippen LogP contribution is 2.43. The molecular formula is C18H22ClN3O2. The molecular weight excluding hydrogens is 326 g/mol. The van der Waals surface area contributed by atoms with E-state index in [0.717, 1.165) is 62.2 Å². The van der Waals surface area contributed by atoms with Gasteiger partial charge in [-0.1, -0.05) is 11.6 Å². The van der Waals surface area contributed by atoms with Crippen LogP contribution in [0.5, 0.6) is 0 Å². The van der Waals surface area contributed by atoms with Gasteiger partial charge in [0.1, 0.15) is 12.1 Å². The molecule has 0 radical (unpaired) electrons. The maximum absolute atomic E-state index is 9.89. The number of aromatic nitrogens is 2. The summed E-state index contributed by atoms with van der Waals surface area (Å²) in [5.41, 5.74) is 1.11. The number of aliphatic hydroxyl groups is 1. The number of benzene rings is 1. The van der Waals surface area contributed by atoms with Crippen molar-refractivity contribution >= 4 is 28.3 Å². The quantitative estimate of drug-likeness (QED) is 0.904. The molecule has 2 aromatic rings. The van der Waals surface area contributed by atoms with E-state index in [4.69, 9.17) is 16.3 Å². The highest BCUT2D eigenvalue weighted by Gasteiger charge is 2.41. The molecule has 6 heteroatoms. The Morgan fingerprint density at radius 2 is 2.08 bits per heavy atom. The van der Waals surface area contributed by atoms with Crippen LogP contribution in [0.3, 0.4) is 0 Å². The third-order valence-electron chi connectivity index (χ3n) is 5.57. The number of hydrogen-bond acceptors (Lipinski definition) is 5. The second kappa shape index (κ2) is 6.47. The molecule has 1 aromatic heterocycles. The highest BCUT2D eigenvalue weighted by atomic mass is 35.5. The molecule has 1 atom stereocenters. The molecule has 0 amide bonds. The largest absolute Gasteiger partial charge is 0.394 e. The lowest BCUT2D eigenvalue weighted by Gasteiger charge is -2.49. The lowest BCUT2D eigenvalue weighted by Crippen LogP contribution is -2.52. The Hall–Kier alpha value is -1.43. The number of piperidine rings is 1. The van der Waals surface area contributed by atoms with Crippen molar-refractivity contribution in [3.8, 4) is 0 Å². The van der Waals surface area contributed by atoms with Gasteiger partial charge in [0.25, 0.3) is 0 Å². The van der Waals surface area contributed by atoms with Crippen molar-refractivity contribution in [3.63, 3.8) is 0 Å². The van der Waals surface area contributed by atoms with Crippen LogP contribution in [0.2, 0.25) is 5.02 Å². The van der Waals surface area contributed by atoms with E-state index in [-0.39, 0.29) is 18.1 Å². The van der Waals surface area contributed by atoms with Gasteiger partial charge in [-0.3, -0.25) is 0 Å². The van der Waals surface area contributed by atoms with E-state index in [1.165, 1.54) is 0 Å². The van der Waals surface area contributed by atoms with Crippen LogP contribution in [0, 0.1) is 5.41 Å². The van der Waals surface area contributed by atoms with Gasteiger partial charge in [0.05, 0.1) is 18.2 Å². The molecule has 1 unspecified atom stereocenters. The van der Waals surface area contributed by atoms with E-state index in [1.807, 2.05) is 18.2 Å². The van der Waals surface area contributed by atoms with Crippen molar-refractivity contribution in [2.24, 2.45) is 5.41 Å². The highest BCUT2D eigenvalue weighted by molar-refractivity contribution is 6.31. The molecule has 1 N–H and O–H groups in total. The van der Waals surface area contributed by atoms with E-state index in [2.05, 4.69) is 14.9 Å². The zero-order chi connectivity index (χ0) is 16.6. The van der Waals surface area contributed by atoms with Crippen LogP contribution < -0.4 is 4.90 Å². The minimum Gasteiger partial charge on any atom is -0.394 e. The van der Waals surface area contributed by atoms with Gasteiger partial charge >= 0.3 is 0 Å². The van der Waals surface area contributed by atoms with Crippen molar-refractivity contribution in [1.29, 1.82) is 0 Å². The summed E-state index contributed by atoms with van der Waals surface area (Å²) in [7, 11) is 0. The van der Waals surface area contributed by atoms with Crippen LogP contribution >= 0.6 is 11.6 Å². The molecule has 2 aliphatic heterocycles. The maximum Gasteiger partial charge on any atom is 0.140 e. The Bertz CT molecular complexity index is 733. The lowest BCUT2D eigenvalue weighted by molar-refractivity contribution is 0.000889. The first kappa shape index (κ1) is 16.1. The first-order valence-corrected chi connectivity index (χ1v) is 8.94. The summed E-state index contributed by atoms with van der Waals surface area (Å²) in [4.78, 5) is 11.2. The van der Waals surface area contributed by atoms with Gasteiger partial charge in [0.15, 0.2) is 0 Å². The molecule has 0 aliphatic carbocycles. The first-order chi connectivity index (χ1) is 11.7. The molecule has 0 bridgehead atoms. The summed E-state index contributed by atoms with van der Waals surface area (Å²) >= 11 is 6.10. The topological polar surface area (TPSA) is 58.5 Å². The average molecular weight is 348 g/mol. The second-order valence-corrected chi connectivity index (χ2v) is 7.41. The minimum absolute atomic E-state index is 0.104. The number of fused-ring (bicyclic) bond motifs is 1. The van der Waals surface area contributed by atoms with E-state index >= 15 is 0 Å². The number of aliphatic hydroxyl groups excluding tert-OH is 1. The Kier molecular flexibility index (Phi) is 4.33. The number of anilines is 1. The monoisotopic (exact) mass is 347 g/mol. The van der Waals surface area contributed by atoms with Crippen molar-refractivity contribution < 1.29 is 9.84 Å². The van der Waals surface area contributed by atoms with E-state index in [0.29, 0.717) is 5.02 Å². The summed E-state index contributed by atoms with van der Waals surface area (Å²) in [6.45, 7) is 2.72. The summed E-state index contributed by atoms with van der Waals surface area (Å²) in [6, 6.07) is 5.82. The van der Waals surface area contributed by atoms with E-state index in [1.54, 1.807) is 6.33 Å². The fourth-order valence-electron chi connectivity index (χ4n) is 4.09. The lowest BCUT2D eigenvalue weighted by atomic mass is 9.72. The molecule has 2 saturated heterocycles. The van der Waals surface area contributed by atoms with Crippen molar-refractivity contribution in [2.75, 3.05) is 31.3 Å². The maximum atomic E-state index is 9.89. The Balaban J connectivity index is 1.74. The third kappa shape index (κ3) is 2.85. The fourth-order valence-corrected chi connectivity index (χ4v) is 4.26. The van der Waals surface area contributed by atoms with Crippen LogP contribution in [0.25, 0.3) is 10.9 Å². The molecule has 1 spiro atoms. The average Bonchev–Trinajstić information content (AvgIpc) is 2.61. The van der Waals surface area contributed by atoms with Gasteiger partial charge in [0.2, 0.25) is 0 Å². The molecule has 128 valence electrons. The predicted molar refractivity (Wildman–Crippen MR) is 94.5 cm³/mol. The van der Waals surface area contributed by atoms with Gasteiger partial charge in [-0.15, -0.1) is 0 Å². The molecule has 1 aromatic carbocycles. The fraction of sp³-hybridized carbons (Fsp3) is 0.556. The summed E-state index contributed by atoms with van der Waals surface area (Å²) in [6.07, 6.45) is 5.88. The van der Waals surface area contributed by atoms with Crippen LogP contribution in [-0.4, -0.2) is 47.5 Å². The first-order valence-electron chi connectivity index (χ1n) is 8.56. The van der Waals surface area contributed by atoms with Gasteiger partial charge in [-0.2, -0.15) is 0 Å². The number of halogens is 1. The number of rotatable bonds is 2. The SMILES string of the molecule is OCC1CCC2(CCOCC2)CN1c1ncnc2cc(Cl)ccc12. The second-order valence-electron chi connectivity index (χ2n) is 6.97. The van der Waals surface area contributed by atoms with Crippen molar-refractivity contribution in [2.45, 2.75) is 31.7 Å². The van der Waals surface area contributed by atoms with E-state index < -0.39 is 0 Å². The smallest absolute Gasteiger partial charge is 0.140 e. The van der Waals surface area contributed by atoms with Gasteiger partial charge in [-0.25, -0.2) is 9.97 Å². The van der Waals surface area contributed by atoms with Crippen LogP contribution in [-0.2, 0) is 4.74 Å². The van der Waals surface area contributed by atoms with Gasteiger partial charge in [0, 0.05) is 30.2 Å². The summed E-state index contributed by atoms with van der Waals surface area (Å²) < 4.78 is 5.57. The number of nitrogens with zero attached hydrogens (tertiary/aromatic N) is 3. The molecule has 4 rings (SSSR count). The molecule has 2 fully saturated rings. The molecule has 24 heavy (non-hydrogen) atoms. The van der Waals surface area contributed by atoms with Gasteiger partial charge in [-0.05, 0) is 49.3 Å². The van der Waals surface area contributed by atoms with Crippen LogP contribution in [0.15, 0.2) is 24.5 Å². The minimum atomic E-state index is 0.104. The van der Waals surface area contributed by atoms with Crippen molar-refractivity contribution in [3.05, 3.63) is 29.5 Å². The zero-order valence-electron chi connectivity index (χ0n) is 13.6. The molecule has 5 nitrogen and oxygen atoms in total. The summed E-state index contributed by atoms with van der Waals surface area (Å²) in [5, 5.41) is 11.6. The standard InChI is InChI=1S/C18H22ClN3O2/c19-13-1-2-15-16(9-13)20-12-21-17(15)22-11-18(4-3-14(22)10-23)5-7-24-8-6-18/h1-2,9,12,14,23H,3-8,10-11H2. The van der Waals surface area contributed by atoms with Crippen LogP contribution in [0.1, 0.15) is 25.7 Å². The predicted octanol–water partition coefficient (Wildman–Crippen LogP) is 3.04. The van der Waals surface area contributed by atoms with Crippen molar-refractivity contribution in [1.82, 2.24) is 9.97 Å². The number of hydrogen-bond donors (Lipinski definition) is 1. The Morgan fingerprint density at radius 3 is 2.88 bits per heavy atom. The number of ether oxygens (including phenoxy) is 1. The normalized spacial score (nSPS) is 23.8. The molecule has 0 saturated carbocycles. The molecule has 2 aliphatic rings. The Morgan fingerprint density at radius 1 is 1.25 bits per heavy atom. The van der Waals surface area contributed by atoms with E-state index in [9.17, 15) is 5.11 Å². The summed E-state index contributed by atoms with van der Waals surface area (Å²) in [5.74, 6) is 0.904. The zero-order valence-corrected chi connectivity index (χ0v) is 14.4.